The average Bonchev–Trinajstić information content (AvgIpc) is 2.60. The van der Waals surface area contributed by atoms with Gasteiger partial charge in [0.05, 0.1) is 17.4 Å². The zero-order valence-electron chi connectivity index (χ0n) is 9.77. The molecule has 0 atom stereocenters. The molecule has 0 spiro atoms. The summed E-state index contributed by atoms with van der Waals surface area (Å²) in [6, 6.07) is 6.05. The topological polar surface area (TPSA) is 38.1 Å². The summed E-state index contributed by atoms with van der Waals surface area (Å²) in [6.45, 7) is 2.37. The third kappa shape index (κ3) is 1.91. The zero-order valence-corrected chi connectivity index (χ0v) is 9.77. The highest BCUT2D eigenvalue weighted by atomic mass is 16.2. The van der Waals surface area contributed by atoms with Gasteiger partial charge in [0.1, 0.15) is 6.54 Å². The predicted molar refractivity (Wildman–Crippen MR) is 63.2 cm³/mol. The minimum atomic E-state index is 0.0693. The number of hydrogen-bond donors (Lipinski definition) is 0. The lowest BCUT2D eigenvalue weighted by Gasteiger charge is -2.10. The van der Waals surface area contributed by atoms with Crippen molar-refractivity contribution in [1.82, 2.24) is 14.5 Å². The first kappa shape index (κ1) is 10.7. The van der Waals surface area contributed by atoms with Gasteiger partial charge in [-0.05, 0) is 24.6 Å². The van der Waals surface area contributed by atoms with E-state index in [9.17, 15) is 4.79 Å². The summed E-state index contributed by atoms with van der Waals surface area (Å²) in [4.78, 5) is 17.5. The number of benzene rings is 1. The molecule has 16 heavy (non-hydrogen) atoms. The number of aromatic nitrogens is 2. The number of carbonyl (C=O) groups is 1. The molecule has 0 bridgehead atoms. The Morgan fingerprint density at radius 1 is 1.44 bits per heavy atom. The van der Waals surface area contributed by atoms with Crippen LogP contribution in [-0.4, -0.2) is 34.5 Å². The average molecular weight is 217 g/mol. The zero-order chi connectivity index (χ0) is 11.7. The maximum atomic E-state index is 11.6. The number of rotatable bonds is 2. The lowest BCUT2D eigenvalue weighted by Crippen LogP contribution is -2.25. The van der Waals surface area contributed by atoms with E-state index in [4.69, 9.17) is 0 Å². The lowest BCUT2D eigenvalue weighted by molar-refractivity contribution is -0.129. The smallest absolute Gasteiger partial charge is 0.242 e. The Balaban J connectivity index is 2.35. The minimum Gasteiger partial charge on any atom is -0.347 e. The van der Waals surface area contributed by atoms with Crippen molar-refractivity contribution >= 4 is 16.9 Å². The normalized spacial score (nSPS) is 10.7. The van der Waals surface area contributed by atoms with E-state index in [0.717, 1.165) is 11.0 Å². The van der Waals surface area contributed by atoms with Crippen LogP contribution >= 0.6 is 0 Å². The molecule has 0 saturated carbocycles. The SMILES string of the molecule is Cc1ccc2c(c1)ncn2CC(=O)N(C)C. The second-order valence-corrected chi connectivity index (χ2v) is 4.15. The van der Waals surface area contributed by atoms with Crippen molar-refractivity contribution < 1.29 is 4.79 Å². The van der Waals surface area contributed by atoms with Gasteiger partial charge in [-0.25, -0.2) is 4.98 Å². The standard InChI is InChI=1S/C12H15N3O/c1-9-4-5-11-10(6-9)13-8-15(11)7-12(16)14(2)3/h4-6,8H,7H2,1-3H3. The maximum Gasteiger partial charge on any atom is 0.242 e. The lowest BCUT2D eigenvalue weighted by atomic mass is 10.2. The van der Waals surface area contributed by atoms with Crippen molar-refractivity contribution in [3.05, 3.63) is 30.1 Å². The van der Waals surface area contributed by atoms with Crippen LogP contribution in [0.2, 0.25) is 0 Å². The number of fused-ring (bicyclic) bond motifs is 1. The molecule has 0 aliphatic heterocycles. The second kappa shape index (κ2) is 3.96. The van der Waals surface area contributed by atoms with Gasteiger partial charge in [0.25, 0.3) is 0 Å². The van der Waals surface area contributed by atoms with E-state index in [2.05, 4.69) is 4.98 Å². The Morgan fingerprint density at radius 2 is 2.19 bits per heavy atom. The number of aryl methyl sites for hydroxylation is 1. The molecule has 1 aromatic heterocycles. The van der Waals surface area contributed by atoms with Crippen molar-refractivity contribution in [1.29, 1.82) is 0 Å². The third-order valence-electron chi connectivity index (χ3n) is 2.58. The summed E-state index contributed by atoms with van der Waals surface area (Å²) in [5.41, 5.74) is 3.11. The molecule has 0 radical (unpaired) electrons. The minimum absolute atomic E-state index is 0.0693. The van der Waals surface area contributed by atoms with E-state index < -0.39 is 0 Å². The van der Waals surface area contributed by atoms with Crippen LogP contribution in [-0.2, 0) is 11.3 Å². The van der Waals surface area contributed by atoms with Crippen LogP contribution in [0.5, 0.6) is 0 Å². The van der Waals surface area contributed by atoms with Crippen molar-refractivity contribution in [2.45, 2.75) is 13.5 Å². The fraction of sp³-hybridized carbons (Fsp3) is 0.333. The quantitative estimate of drug-likeness (QED) is 0.763. The molecule has 1 amide bonds. The van der Waals surface area contributed by atoms with Gasteiger partial charge in [-0.3, -0.25) is 4.79 Å². The van der Waals surface area contributed by atoms with Gasteiger partial charge in [-0.1, -0.05) is 6.07 Å². The van der Waals surface area contributed by atoms with E-state index in [-0.39, 0.29) is 5.91 Å². The summed E-state index contributed by atoms with van der Waals surface area (Å²) in [6.07, 6.45) is 1.71. The molecule has 0 aliphatic rings. The summed E-state index contributed by atoms with van der Waals surface area (Å²) >= 11 is 0. The van der Waals surface area contributed by atoms with Gasteiger partial charge < -0.3 is 9.47 Å². The van der Waals surface area contributed by atoms with Crippen LogP contribution in [0.25, 0.3) is 11.0 Å². The van der Waals surface area contributed by atoms with E-state index in [0.29, 0.717) is 6.54 Å². The highest BCUT2D eigenvalue weighted by Gasteiger charge is 2.08. The molecular formula is C12H15N3O. The number of imidazole rings is 1. The molecule has 0 saturated heterocycles. The summed E-state index contributed by atoms with van der Waals surface area (Å²) < 4.78 is 1.87. The van der Waals surface area contributed by atoms with E-state index in [1.165, 1.54) is 5.56 Å². The van der Waals surface area contributed by atoms with Gasteiger partial charge in [-0.15, -0.1) is 0 Å². The fourth-order valence-corrected chi connectivity index (χ4v) is 1.59. The van der Waals surface area contributed by atoms with Crippen molar-refractivity contribution in [2.75, 3.05) is 14.1 Å². The van der Waals surface area contributed by atoms with Gasteiger partial charge in [0.2, 0.25) is 5.91 Å². The summed E-state index contributed by atoms with van der Waals surface area (Å²) in [5.74, 6) is 0.0693. The molecular weight excluding hydrogens is 202 g/mol. The number of nitrogens with zero attached hydrogens (tertiary/aromatic N) is 3. The van der Waals surface area contributed by atoms with Crippen LogP contribution in [0.4, 0.5) is 0 Å². The molecule has 0 unspecified atom stereocenters. The van der Waals surface area contributed by atoms with Crippen LogP contribution in [0, 0.1) is 6.92 Å². The molecule has 84 valence electrons. The van der Waals surface area contributed by atoms with Crippen LogP contribution in [0.3, 0.4) is 0 Å². The van der Waals surface area contributed by atoms with Gasteiger partial charge in [-0.2, -0.15) is 0 Å². The van der Waals surface area contributed by atoms with Crippen LogP contribution in [0.1, 0.15) is 5.56 Å². The highest BCUT2D eigenvalue weighted by Crippen LogP contribution is 2.14. The molecule has 2 rings (SSSR count). The summed E-state index contributed by atoms with van der Waals surface area (Å²) in [5, 5.41) is 0. The Labute approximate surface area is 94.5 Å². The molecule has 0 fully saturated rings. The van der Waals surface area contributed by atoms with Gasteiger partial charge in [0.15, 0.2) is 0 Å². The molecule has 1 aromatic carbocycles. The maximum absolute atomic E-state index is 11.6. The Bertz CT molecular complexity index is 528. The second-order valence-electron chi connectivity index (χ2n) is 4.15. The van der Waals surface area contributed by atoms with E-state index >= 15 is 0 Å². The molecule has 1 heterocycles. The predicted octanol–water partition coefficient (Wildman–Crippen LogP) is 1.43. The first-order valence-corrected chi connectivity index (χ1v) is 5.19. The number of amides is 1. The largest absolute Gasteiger partial charge is 0.347 e. The van der Waals surface area contributed by atoms with Crippen molar-refractivity contribution in [2.24, 2.45) is 0 Å². The molecule has 0 N–H and O–H groups in total. The molecule has 0 aliphatic carbocycles. The van der Waals surface area contributed by atoms with Crippen LogP contribution < -0.4 is 0 Å². The Kier molecular flexibility index (Phi) is 2.64. The first-order valence-electron chi connectivity index (χ1n) is 5.19. The first-order chi connectivity index (χ1) is 7.58. The summed E-state index contributed by atoms with van der Waals surface area (Å²) in [7, 11) is 3.51. The van der Waals surface area contributed by atoms with Gasteiger partial charge in [0, 0.05) is 14.1 Å². The molecule has 4 heteroatoms. The number of likely N-dealkylation sites (N-methyl/N-ethyl adjacent to an activating group) is 1. The Morgan fingerprint density at radius 3 is 2.88 bits per heavy atom. The molecule has 2 aromatic rings. The molecule has 4 nitrogen and oxygen atoms in total. The van der Waals surface area contributed by atoms with E-state index in [1.54, 1.807) is 25.3 Å². The van der Waals surface area contributed by atoms with Crippen LogP contribution in [0.15, 0.2) is 24.5 Å². The number of hydrogen-bond acceptors (Lipinski definition) is 2. The monoisotopic (exact) mass is 217 g/mol. The third-order valence-corrected chi connectivity index (χ3v) is 2.58. The van der Waals surface area contributed by atoms with Crippen molar-refractivity contribution in [3.8, 4) is 0 Å². The van der Waals surface area contributed by atoms with Gasteiger partial charge >= 0.3 is 0 Å². The van der Waals surface area contributed by atoms with Crippen molar-refractivity contribution in [3.63, 3.8) is 0 Å². The van der Waals surface area contributed by atoms with E-state index in [1.807, 2.05) is 29.7 Å². The highest BCUT2D eigenvalue weighted by molar-refractivity contribution is 5.80. The number of carbonyl (C=O) groups excluding carboxylic acids is 1. The fourth-order valence-electron chi connectivity index (χ4n) is 1.59. The Hall–Kier alpha value is -1.84.